The second kappa shape index (κ2) is 8.75. The Morgan fingerprint density at radius 3 is 2.60 bits per heavy atom. The number of rotatable bonds is 8. The molecule has 4 rings (SSSR count). The number of hydrogen-bond acceptors (Lipinski definition) is 5. The second-order valence-corrected chi connectivity index (χ2v) is 8.66. The lowest BCUT2D eigenvalue weighted by Crippen LogP contribution is -2.32. The third-order valence-electron chi connectivity index (χ3n) is 5.09. The van der Waals surface area contributed by atoms with Gasteiger partial charge in [0.2, 0.25) is 5.91 Å². The van der Waals surface area contributed by atoms with Crippen LogP contribution in [0.5, 0.6) is 0 Å². The molecule has 0 unspecified atom stereocenters. The molecule has 0 saturated heterocycles. The van der Waals surface area contributed by atoms with Crippen LogP contribution in [-0.2, 0) is 17.9 Å². The maximum absolute atomic E-state index is 12.9. The molecule has 2 heterocycles. The van der Waals surface area contributed by atoms with Gasteiger partial charge in [0, 0.05) is 37.9 Å². The van der Waals surface area contributed by atoms with Crippen LogP contribution in [0.2, 0.25) is 0 Å². The molecule has 30 heavy (non-hydrogen) atoms. The van der Waals surface area contributed by atoms with E-state index in [4.69, 9.17) is 4.42 Å². The molecule has 1 aliphatic rings. The number of furan rings is 1. The highest BCUT2D eigenvalue weighted by Gasteiger charge is 2.34. The fourth-order valence-corrected chi connectivity index (χ4v) is 4.04. The standard InChI is InChI=1S/C23H25N3O3S/c1-25(2)20-10-9-18(24-22(27)21-6-4-12-30-21)13-17(20)14-26(23(28)16-7-8-16)15-19-5-3-11-29-19/h3-6,9-13,16H,7-8,14-15H2,1-2H3,(H,24,27). The fourth-order valence-electron chi connectivity index (χ4n) is 3.42. The lowest BCUT2D eigenvalue weighted by atomic mass is 10.1. The topological polar surface area (TPSA) is 65.8 Å². The minimum absolute atomic E-state index is 0.115. The predicted molar refractivity (Wildman–Crippen MR) is 119 cm³/mol. The lowest BCUT2D eigenvalue weighted by molar-refractivity contribution is -0.134. The third-order valence-corrected chi connectivity index (χ3v) is 5.96. The molecule has 0 atom stereocenters. The Bertz CT molecular complexity index is 1010. The Morgan fingerprint density at radius 2 is 1.97 bits per heavy atom. The smallest absolute Gasteiger partial charge is 0.265 e. The number of carbonyl (C=O) groups excluding carboxylic acids is 2. The van der Waals surface area contributed by atoms with Gasteiger partial charge in [-0.3, -0.25) is 9.59 Å². The van der Waals surface area contributed by atoms with Gasteiger partial charge in [-0.25, -0.2) is 0 Å². The van der Waals surface area contributed by atoms with E-state index in [1.807, 2.05) is 65.7 Å². The van der Waals surface area contributed by atoms with Crippen molar-refractivity contribution in [1.82, 2.24) is 4.90 Å². The Balaban J connectivity index is 1.59. The van der Waals surface area contributed by atoms with Crippen molar-refractivity contribution < 1.29 is 14.0 Å². The van der Waals surface area contributed by atoms with E-state index in [1.54, 1.807) is 12.3 Å². The monoisotopic (exact) mass is 423 g/mol. The van der Waals surface area contributed by atoms with Crippen molar-refractivity contribution in [3.8, 4) is 0 Å². The van der Waals surface area contributed by atoms with Crippen LogP contribution in [-0.4, -0.2) is 30.8 Å². The van der Waals surface area contributed by atoms with Crippen LogP contribution < -0.4 is 10.2 Å². The van der Waals surface area contributed by atoms with Gasteiger partial charge < -0.3 is 19.5 Å². The molecule has 0 radical (unpaired) electrons. The van der Waals surface area contributed by atoms with E-state index in [0.717, 1.165) is 29.9 Å². The SMILES string of the molecule is CN(C)c1ccc(NC(=O)c2cccs2)cc1CN(Cc1ccco1)C(=O)C1CC1. The summed E-state index contributed by atoms with van der Waals surface area (Å²) < 4.78 is 5.49. The van der Waals surface area contributed by atoms with Gasteiger partial charge in [0.1, 0.15) is 5.76 Å². The van der Waals surface area contributed by atoms with Crippen molar-refractivity contribution >= 4 is 34.5 Å². The van der Waals surface area contributed by atoms with Gasteiger partial charge in [0.05, 0.1) is 17.7 Å². The number of thiophene rings is 1. The number of nitrogens with one attached hydrogen (secondary N) is 1. The minimum atomic E-state index is -0.130. The van der Waals surface area contributed by atoms with Crippen LogP contribution in [0.4, 0.5) is 11.4 Å². The summed E-state index contributed by atoms with van der Waals surface area (Å²) in [6, 6.07) is 13.2. The maximum atomic E-state index is 12.9. The molecule has 6 nitrogen and oxygen atoms in total. The molecule has 1 aliphatic carbocycles. The normalized spacial score (nSPS) is 13.1. The summed E-state index contributed by atoms with van der Waals surface area (Å²) in [6.07, 6.45) is 3.52. The van der Waals surface area contributed by atoms with Crippen molar-refractivity contribution in [2.24, 2.45) is 5.92 Å². The van der Waals surface area contributed by atoms with E-state index in [0.29, 0.717) is 23.7 Å². The van der Waals surface area contributed by atoms with Crippen LogP contribution in [0.3, 0.4) is 0 Å². The summed E-state index contributed by atoms with van der Waals surface area (Å²) in [4.78, 5) is 29.9. The van der Waals surface area contributed by atoms with Gasteiger partial charge in [-0.05, 0) is 60.2 Å². The van der Waals surface area contributed by atoms with Crippen molar-refractivity contribution in [2.45, 2.75) is 25.9 Å². The molecule has 1 saturated carbocycles. The zero-order chi connectivity index (χ0) is 21.1. The molecule has 2 amide bonds. The zero-order valence-corrected chi connectivity index (χ0v) is 17.9. The van der Waals surface area contributed by atoms with Crippen molar-refractivity contribution in [2.75, 3.05) is 24.3 Å². The third kappa shape index (κ3) is 4.74. The van der Waals surface area contributed by atoms with Crippen molar-refractivity contribution in [3.63, 3.8) is 0 Å². The molecule has 0 bridgehead atoms. The first-order valence-corrected chi connectivity index (χ1v) is 10.9. The maximum Gasteiger partial charge on any atom is 0.265 e. The molecule has 1 aromatic carbocycles. The van der Waals surface area contributed by atoms with Gasteiger partial charge >= 0.3 is 0 Å². The average Bonchev–Trinajstić information content (AvgIpc) is 3.18. The van der Waals surface area contributed by atoms with E-state index in [1.165, 1.54) is 11.3 Å². The summed E-state index contributed by atoms with van der Waals surface area (Å²) in [5, 5.41) is 4.85. The second-order valence-electron chi connectivity index (χ2n) is 7.72. The Hall–Kier alpha value is -3.06. The highest BCUT2D eigenvalue weighted by atomic mass is 32.1. The summed E-state index contributed by atoms with van der Waals surface area (Å²) in [7, 11) is 3.95. The van der Waals surface area contributed by atoms with Crippen LogP contribution >= 0.6 is 11.3 Å². The van der Waals surface area contributed by atoms with Crippen LogP contribution in [0.1, 0.15) is 33.8 Å². The van der Waals surface area contributed by atoms with Gasteiger partial charge in [-0.2, -0.15) is 0 Å². The number of carbonyl (C=O) groups is 2. The minimum Gasteiger partial charge on any atom is -0.467 e. The molecule has 0 aliphatic heterocycles. The molecular weight excluding hydrogens is 398 g/mol. The van der Waals surface area contributed by atoms with E-state index >= 15 is 0 Å². The first kappa shape index (κ1) is 20.2. The van der Waals surface area contributed by atoms with Crippen LogP contribution in [0.15, 0.2) is 58.5 Å². The zero-order valence-electron chi connectivity index (χ0n) is 17.1. The number of anilines is 2. The molecule has 1 N–H and O–H groups in total. The number of nitrogens with zero attached hydrogens (tertiary/aromatic N) is 2. The summed E-state index contributed by atoms with van der Waals surface area (Å²) in [6.45, 7) is 0.882. The van der Waals surface area contributed by atoms with Gasteiger partial charge in [-0.15, -0.1) is 11.3 Å². The van der Waals surface area contributed by atoms with Crippen LogP contribution in [0.25, 0.3) is 0 Å². The first-order valence-electron chi connectivity index (χ1n) is 9.97. The molecule has 156 valence electrons. The van der Waals surface area contributed by atoms with Gasteiger partial charge in [-0.1, -0.05) is 6.07 Å². The largest absolute Gasteiger partial charge is 0.467 e. The van der Waals surface area contributed by atoms with Gasteiger partial charge in [0.15, 0.2) is 0 Å². The van der Waals surface area contributed by atoms with Crippen molar-refractivity contribution in [3.05, 3.63) is 70.3 Å². The molecular formula is C23H25N3O3S. The number of hydrogen-bond donors (Lipinski definition) is 1. The first-order chi connectivity index (χ1) is 14.5. The molecule has 2 aromatic heterocycles. The van der Waals surface area contributed by atoms with E-state index in [2.05, 4.69) is 5.32 Å². The fraction of sp³-hybridized carbons (Fsp3) is 0.304. The van der Waals surface area contributed by atoms with Crippen molar-refractivity contribution in [1.29, 1.82) is 0 Å². The molecule has 1 fully saturated rings. The number of benzene rings is 1. The Morgan fingerprint density at radius 1 is 1.13 bits per heavy atom. The van der Waals surface area contributed by atoms with Gasteiger partial charge in [0.25, 0.3) is 5.91 Å². The summed E-state index contributed by atoms with van der Waals surface area (Å²) >= 11 is 1.41. The average molecular weight is 424 g/mol. The highest BCUT2D eigenvalue weighted by molar-refractivity contribution is 7.12. The van der Waals surface area contributed by atoms with E-state index in [9.17, 15) is 9.59 Å². The van der Waals surface area contributed by atoms with E-state index < -0.39 is 0 Å². The predicted octanol–water partition coefficient (Wildman–Crippen LogP) is 4.60. The summed E-state index contributed by atoms with van der Waals surface area (Å²) in [5.41, 5.74) is 2.70. The lowest BCUT2D eigenvalue weighted by Gasteiger charge is -2.26. The molecule has 0 spiro atoms. The number of amides is 2. The van der Waals surface area contributed by atoms with E-state index in [-0.39, 0.29) is 17.7 Å². The molecule has 7 heteroatoms. The molecule has 3 aromatic rings. The summed E-state index contributed by atoms with van der Waals surface area (Å²) in [5.74, 6) is 0.904. The Kier molecular flexibility index (Phi) is 5.90. The quantitative estimate of drug-likeness (QED) is 0.575. The Labute approximate surface area is 180 Å². The highest BCUT2D eigenvalue weighted by Crippen LogP contribution is 2.33. The van der Waals surface area contributed by atoms with Crippen LogP contribution in [0, 0.1) is 5.92 Å².